The maximum atomic E-state index is 13.3. The fraction of sp³-hybridized carbons (Fsp3) is 0.444. The Labute approximate surface area is 200 Å². The zero-order chi connectivity index (χ0) is 24.2. The van der Waals surface area contributed by atoms with Gasteiger partial charge in [-0.2, -0.15) is 0 Å². The van der Waals surface area contributed by atoms with Crippen LogP contribution in [0.25, 0.3) is 11.1 Å². The van der Waals surface area contributed by atoms with Gasteiger partial charge in [-0.3, -0.25) is 4.79 Å². The topological polar surface area (TPSA) is 95.9 Å². The number of piperidine rings is 1. The largest absolute Gasteiger partial charge is 0.480 e. The summed E-state index contributed by atoms with van der Waals surface area (Å²) in [5.41, 5.74) is 4.52. The molecule has 7 nitrogen and oxygen atoms in total. The first-order valence-corrected chi connectivity index (χ1v) is 12.0. The number of carbonyl (C=O) groups excluding carboxylic acids is 2. The highest BCUT2D eigenvalue weighted by Gasteiger charge is 2.37. The number of aliphatic carboxylic acids is 1. The van der Waals surface area contributed by atoms with Crippen molar-refractivity contribution in [3.05, 3.63) is 59.7 Å². The van der Waals surface area contributed by atoms with Crippen molar-refractivity contribution in [1.82, 2.24) is 10.2 Å². The standard InChI is InChI=1S/C27H32N2O5/c1-17(2)15-23(25(30)29-14-8-7-13-24(29)26(31)32)28-27(33)34-16-22-20-11-5-3-9-18(20)19-10-4-6-12-21(19)22/h3-6,9-12,17,22-24H,7-8,13-16H2,1-2H3,(H,28,33)(H,31,32)/t23?,24-/m0/s1. The van der Waals surface area contributed by atoms with E-state index < -0.39 is 24.1 Å². The summed E-state index contributed by atoms with van der Waals surface area (Å²) < 4.78 is 5.63. The molecule has 34 heavy (non-hydrogen) atoms. The number of nitrogens with zero attached hydrogens (tertiary/aromatic N) is 1. The molecule has 2 aliphatic rings. The highest BCUT2D eigenvalue weighted by Crippen LogP contribution is 2.44. The van der Waals surface area contributed by atoms with Crippen LogP contribution in [0.1, 0.15) is 56.6 Å². The van der Waals surface area contributed by atoms with Gasteiger partial charge >= 0.3 is 12.1 Å². The van der Waals surface area contributed by atoms with Crippen molar-refractivity contribution < 1.29 is 24.2 Å². The van der Waals surface area contributed by atoms with Crippen molar-refractivity contribution in [3.8, 4) is 11.1 Å². The predicted molar refractivity (Wildman–Crippen MR) is 128 cm³/mol. The summed E-state index contributed by atoms with van der Waals surface area (Å²) in [7, 11) is 0. The Morgan fingerprint density at radius 2 is 1.65 bits per heavy atom. The van der Waals surface area contributed by atoms with Gasteiger partial charge in [0.1, 0.15) is 18.7 Å². The van der Waals surface area contributed by atoms with Crippen LogP contribution >= 0.6 is 0 Å². The zero-order valence-electron chi connectivity index (χ0n) is 19.7. The number of alkyl carbamates (subject to hydrolysis) is 1. The van der Waals surface area contributed by atoms with Crippen LogP contribution in [0.4, 0.5) is 4.79 Å². The summed E-state index contributed by atoms with van der Waals surface area (Å²) in [6.07, 6.45) is 1.71. The van der Waals surface area contributed by atoms with Crippen molar-refractivity contribution in [3.63, 3.8) is 0 Å². The first kappa shape index (κ1) is 23.8. The summed E-state index contributed by atoms with van der Waals surface area (Å²) in [6, 6.07) is 14.5. The highest BCUT2D eigenvalue weighted by molar-refractivity contribution is 5.89. The van der Waals surface area contributed by atoms with Gasteiger partial charge in [-0.1, -0.05) is 62.4 Å². The number of ether oxygens (including phenoxy) is 1. The number of benzene rings is 2. The molecule has 0 radical (unpaired) electrons. The fourth-order valence-electron chi connectivity index (χ4n) is 5.13. The van der Waals surface area contributed by atoms with Crippen LogP contribution in [0.15, 0.2) is 48.5 Å². The molecule has 2 N–H and O–H groups in total. The molecule has 2 amide bonds. The average molecular weight is 465 g/mol. The second-order valence-electron chi connectivity index (χ2n) is 9.53. The van der Waals surface area contributed by atoms with Crippen LogP contribution in [-0.2, 0) is 14.3 Å². The molecule has 2 aromatic carbocycles. The Balaban J connectivity index is 1.45. The average Bonchev–Trinajstić information content (AvgIpc) is 3.15. The Hall–Kier alpha value is -3.35. The Morgan fingerprint density at radius 3 is 2.24 bits per heavy atom. The number of fused-ring (bicyclic) bond motifs is 3. The Kier molecular flexibility index (Phi) is 7.20. The quantitative estimate of drug-likeness (QED) is 0.633. The van der Waals surface area contributed by atoms with Crippen LogP contribution in [0, 0.1) is 5.92 Å². The normalized spacial score (nSPS) is 18.2. The molecular weight excluding hydrogens is 432 g/mol. The number of likely N-dealkylation sites (tertiary alicyclic amines) is 1. The van der Waals surface area contributed by atoms with E-state index in [1.54, 1.807) is 0 Å². The van der Waals surface area contributed by atoms with Crippen LogP contribution < -0.4 is 5.32 Å². The third-order valence-electron chi connectivity index (χ3n) is 6.71. The lowest BCUT2D eigenvalue weighted by molar-refractivity contribution is -0.153. The predicted octanol–water partition coefficient (Wildman–Crippen LogP) is 4.41. The van der Waals surface area contributed by atoms with E-state index in [1.165, 1.54) is 4.90 Å². The fourth-order valence-corrected chi connectivity index (χ4v) is 5.13. The number of carboxylic acid groups (broad SMARTS) is 1. The molecule has 1 aliphatic carbocycles. The second kappa shape index (κ2) is 10.3. The van der Waals surface area contributed by atoms with Gasteiger partial charge in [0.15, 0.2) is 0 Å². The third-order valence-corrected chi connectivity index (χ3v) is 6.71. The van der Waals surface area contributed by atoms with Crippen LogP contribution in [-0.4, -0.2) is 53.2 Å². The first-order valence-electron chi connectivity index (χ1n) is 12.0. The first-order chi connectivity index (χ1) is 16.4. The van der Waals surface area contributed by atoms with Gasteiger partial charge < -0.3 is 20.1 Å². The van der Waals surface area contributed by atoms with Gasteiger partial charge in [-0.25, -0.2) is 9.59 Å². The summed E-state index contributed by atoms with van der Waals surface area (Å²) >= 11 is 0. The minimum Gasteiger partial charge on any atom is -0.480 e. The summed E-state index contributed by atoms with van der Waals surface area (Å²) in [5.74, 6) is -1.29. The number of amides is 2. The van der Waals surface area contributed by atoms with Gasteiger partial charge in [-0.05, 0) is 53.9 Å². The molecule has 7 heteroatoms. The van der Waals surface area contributed by atoms with Gasteiger partial charge in [0.2, 0.25) is 5.91 Å². The molecule has 0 aromatic heterocycles. The smallest absolute Gasteiger partial charge is 0.407 e. The van der Waals surface area contributed by atoms with E-state index in [0.29, 0.717) is 19.4 Å². The molecule has 2 aromatic rings. The molecule has 0 spiro atoms. The number of nitrogens with one attached hydrogen (secondary N) is 1. The Bertz CT molecular complexity index is 1020. The van der Waals surface area contributed by atoms with Crippen LogP contribution in [0.3, 0.4) is 0 Å². The number of rotatable bonds is 7. The molecule has 4 rings (SSSR count). The summed E-state index contributed by atoms with van der Waals surface area (Å²) in [4.78, 5) is 39.1. The van der Waals surface area contributed by atoms with E-state index >= 15 is 0 Å². The Morgan fingerprint density at radius 1 is 1.03 bits per heavy atom. The van der Waals surface area contributed by atoms with E-state index in [9.17, 15) is 19.5 Å². The highest BCUT2D eigenvalue weighted by atomic mass is 16.5. The maximum Gasteiger partial charge on any atom is 0.407 e. The molecule has 1 unspecified atom stereocenters. The van der Waals surface area contributed by atoms with Crippen molar-refractivity contribution in [2.75, 3.05) is 13.2 Å². The van der Waals surface area contributed by atoms with Gasteiger partial charge in [0, 0.05) is 12.5 Å². The van der Waals surface area contributed by atoms with E-state index in [2.05, 4.69) is 29.6 Å². The number of carboxylic acids is 1. The minimum absolute atomic E-state index is 0.0733. The number of hydrogen-bond donors (Lipinski definition) is 2. The molecule has 180 valence electrons. The lowest BCUT2D eigenvalue weighted by Gasteiger charge is -2.35. The maximum absolute atomic E-state index is 13.3. The number of carbonyl (C=O) groups is 3. The van der Waals surface area contributed by atoms with E-state index in [4.69, 9.17) is 4.74 Å². The molecule has 2 atom stereocenters. The lowest BCUT2D eigenvalue weighted by Crippen LogP contribution is -2.55. The third kappa shape index (κ3) is 4.93. The van der Waals surface area contributed by atoms with Gasteiger partial charge in [0.05, 0.1) is 0 Å². The van der Waals surface area contributed by atoms with Crippen molar-refractivity contribution in [1.29, 1.82) is 0 Å². The zero-order valence-corrected chi connectivity index (χ0v) is 19.7. The molecule has 1 fully saturated rings. The van der Waals surface area contributed by atoms with E-state index in [0.717, 1.165) is 35.1 Å². The molecule has 1 saturated heterocycles. The van der Waals surface area contributed by atoms with Crippen molar-refractivity contribution in [2.24, 2.45) is 5.92 Å². The monoisotopic (exact) mass is 464 g/mol. The second-order valence-corrected chi connectivity index (χ2v) is 9.53. The SMILES string of the molecule is CC(C)CC(NC(=O)OCC1c2ccccc2-c2ccccc21)C(=O)N1CCCC[C@H]1C(=O)O. The van der Waals surface area contributed by atoms with Gasteiger partial charge in [-0.15, -0.1) is 0 Å². The van der Waals surface area contributed by atoms with Gasteiger partial charge in [0.25, 0.3) is 0 Å². The summed E-state index contributed by atoms with van der Waals surface area (Å²) in [6.45, 7) is 4.47. The van der Waals surface area contributed by atoms with E-state index in [1.807, 2.05) is 38.1 Å². The van der Waals surface area contributed by atoms with Crippen LogP contribution in [0.2, 0.25) is 0 Å². The molecule has 1 heterocycles. The molecular formula is C27H32N2O5. The molecule has 0 bridgehead atoms. The van der Waals surface area contributed by atoms with Crippen LogP contribution in [0.5, 0.6) is 0 Å². The van der Waals surface area contributed by atoms with Crippen molar-refractivity contribution in [2.45, 2.75) is 57.5 Å². The molecule has 1 aliphatic heterocycles. The number of hydrogen-bond acceptors (Lipinski definition) is 4. The minimum atomic E-state index is -1.00. The lowest BCUT2D eigenvalue weighted by atomic mass is 9.97. The van der Waals surface area contributed by atoms with E-state index in [-0.39, 0.29) is 24.3 Å². The summed E-state index contributed by atoms with van der Waals surface area (Å²) in [5, 5.41) is 12.3. The molecule has 0 saturated carbocycles. The van der Waals surface area contributed by atoms with Crippen molar-refractivity contribution >= 4 is 18.0 Å².